The van der Waals surface area contributed by atoms with Crippen LogP contribution in [-0.4, -0.2) is 43.0 Å². The fraction of sp³-hybridized carbons (Fsp3) is 0.857. The van der Waals surface area contributed by atoms with Crippen molar-refractivity contribution in [1.29, 1.82) is 0 Å². The van der Waals surface area contributed by atoms with Gasteiger partial charge >= 0.3 is 17.7 Å². The Bertz CT molecular complexity index is 517. The van der Waals surface area contributed by atoms with E-state index in [4.69, 9.17) is 9.47 Å². The zero-order valence-electron chi connectivity index (χ0n) is 17.9. The van der Waals surface area contributed by atoms with Gasteiger partial charge < -0.3 is 14.8 Å². The summed E-state index contributed by atoms with van der Waals surface area (Å²) >= 11 is 0. The molecule has 0 spiro atoms. The number of alkyl halides is 1. The molecule has 29 heavy (non-hydrogen) atoms. The van der Waals surface area contributed by atoms with Crippen molar-refractivity contribution in [2.45, 2.75) is 103 Å². The monoisotopic (exact) mass is 416 g/mol. The van der Waals surface area contributed by atoms with Crippen LogP contribution >= 0.6 is 0 Å². The number of nitrogens with one attached hydrogen (secondary N) is 2. The fourth-order valence-electron chi connectivity index (χ4n) is 3.16. The molecule has 2 unspecified atom stereocenters. The molecule has 3 amide bonds. The zero-order valence-corrected chi connectivity index (χ0v) is 17.9. The Hall–Kier alpha value is -1.70. The summed E-state index contributed by atoms with van der Waals surface area (Å²) in [5.74, 6) is -2.67. The van der Waals surface area contributed by atoms with E-state index >= 15 is 4.39 Å². The van der Waals surface area contributed by atoms with Crippen molar-refractivity contribution in [3.63, 3.8) is 0 Å². The number of ether oxygens (including phenoxy) is 2. The van der Waals surface area contributed by atoms with Crippen molar-refractivity contribution < 1.29 is 28.2 Å². The highest BCUT2D eigenvalue weighted by Gasteiger charge is 2.59. The summed E-state index contributed by atoms with van der Waals surface area (Å²) in [5.41, 5.74) is -3.08. The second-order valence-corrected chi connectivity index (χ2v) is 7.56. The third-order valence-electron chi connectivity index (χ3n) is 4.99. The SMILES string of the molecule is CCCCCCCCOC(=O)C1(F)C(=O)NC(=O)NC1OCCCCCCCC. The highest BCUT2D eigenvalue weighted by molar-refractivity contribution is 6.14. The van der Waals surface area contributed by atoms with E-state index in [1.54, 1.807) is 5.32 Å². The summed E-state index contributed by atoms with van der Waals surface area (Å²) in [6, 6.07) is -0.889. The predicted molar refractivity (Wildman–Crippen MR) is 108 cm³/mol. The lowest BCUT2D eigenvalue weighted by atomic mass is 10.0. The Morgan fingerprint density at radius 2 is 1.41 bits per heavy atom. The molecule has 0 aliphatic carbocycles. The molecule has 1 aliphatic rings. The van der Waals surface area contributed by atoms with Gasteiger partial charge in [-0.15, -0.1) is 0 Å². The average molecular weight is 417 g/mol. The first-order valence-electron chi connectivity index (χ1n) is 11.1. The molecule has 0 aromatic carbocycles. The van der Waals surface area contributed by atoms with Gasteiger partial charge in [0.25, 0.3) is 5.91 Å². The predicted octanol–water partition coefficient (Wildman–Crippen LogP) is 4.14. The zero-order chi connectivity index (χ0) is 21.5. The van der Waals surface area contributed by atoms with Gasteiger partial charge in [0, 0.05) is 6.61 Å². The number of urea groups is 1. The minimum Gasteiger partial charge on any atom is -0.463 e. The summed E-state index contributed by atoms with van der Waals surface area (Å²) in [6.45, 7) is 4.43. The maximum atomic E-state index is 15.3. The van der Waals surface area contributed by atoms with Crippen molar-refractivity contribution in [1.82, 2.24) is 10.6 Å². The molecule has 0 bridgehead atoms. The van der Waals surface area contributed by atoms with E-state index in [1.807, 2.05) is 0 Å². The van der Waals surface area contributed by atoms with Gasteiger partial charge in [-0.25, -0.2) is 14.0 Å². The maximum absolute atomic E-state index is 15.3. The molecule has 7 nitrogen and oxygen atoms in total. The molecule has 1 saturated heterocycles. The first-order chi connectivity index (χ1) is 14.0. The van der Waals surface area contributed by atoms with E-state index in [-0.39, 0.29) is 13.2 Å². The van der Waals surface area contributed by atoms with Crippen molar-refractivity contribution in [3.05, 3.63) is 0 Å². The number of amides is 3. The second kappa shape index (κ2) is 14.3. The van der Waals surface area contributed by atoms with E-state index in [9.17, 15) is 14.4 Å². The maximum Gasteiger partial charge on any atom is 0.358 e. The van der Waals surface area contributed by atoms with E-state index in [0.29, 0.717) is 12.8 Å². The van der Waals surface area contributed by atoms with Crippen LogP contribution in [-0.2, 0) is 19.1 Å². The normalized spacial score (nSPS) is 21.6. The van der Waals surface area contributed by atoms with Crippen molar-refractivity contribution in [3.8, 4) is 0 Å². The summed E-state index contributed by atoms with van der Waals surface area (Å²) in [4.78, 5) is 35.9. The Kier molecular flexibility index (Phi) is 12.5. The molecule has 1 heterocycles. The van der Waals surface area contributed by atoms with Crippen LogP contribution in [0.3, 0.4) is 0 Å². The lowest BCUT2D eigenvalue weighted by molar-refractivity contribution is -0.179. The molecule has 1 fully saturated rings. The number of esters is 1. The number of carbonyl (C=O) groups excluding carboxylic acids is 3. The van der Waals surface area contributed by atoms with Gasteiger partial charge in [0.2, 0.25) is 0 Å². The third-order valence-corrected chi connectivity index (χ3v) is 4.99. The number of rotatable bonds is 16. The molecule has 1 aliphatic heterocycles. The average Bonchev–Trinajstić information content (AvgIpc) is 2.69. The van der Waals surface area contributed by atoms with Crippen LogP contribution in [0.1, 0.15) is 90.9 Å². The van der Waals surface area contributed by atoms with E-state index in [0.717, 1.165) is 64.2 Å². The van der Waals surface area contributed by atoms with Crippen LogP contribution in [0.25, 0.3) is 0 Å². The van der Waals surface area contributed by atoms with Gasteiger partial charge in [-0.2, -0.15) is 0 Å². The summed E-state index contributed by atoms with van der Waals surface area (Å²) in [7, 11) is 0. The van der Waals surface area contributed by atoms with Crippen LogP contribution in [0, 0.1) is 0 Å². The minimum atomic E-state index is -3.08. The number of carbonyl (C=O) groups is 3. The number of unbranched alkanes of at least 4 members (excludes halogenated alkanes) is 10. The molecule has 168 valence electrons. The third kappa shape index (κ3) is 8.68. The number of hydrogen-bond donors (Lipinski definition) is 2. The smallest absolute Gasteiger partial charge is 0.358 e. The summed E-state index contributed by atoms with van der Waals surface area (Å²) in [5, 5.41) is 3.97. The lowest BCUT2D eigenvalue weighted by Crippen LogP contribution is -2.71. The van der Waals surface area contributed by atoms with Gasteiger partial charge in [0.1, 0.15) is 0 Å². The standard InChI is InChI=1S/C21H37FN2O5/c1-3-5-7-9-11-13-15-28-18-21(22,17(25)23-20(27)24-18)19(26)29-16-14-12-10-8-6-4-2/h18H,3-16H2,1-2H3,(H2,23,24,25,27). The van der Waals surface area contributed by atoms with Crippen LogP contribution in [0.4, 0.5) is 9.18 Å². The first-order valence-corrected chi connectivity index (χ1v) is 11.1. The van der Waals surface area contributed by atoms with Crippen LogP contribution in [0.5, 0.6) is 0 Å². The Labute approximate surface area is 173 Å². The molecule has 2 N–H and O–H groups in total. The van der Waals surface area contributed by atoms with Crippen molar-refractivity contribution >= 4 is 17.9 Å². The van der Waals surface area contributed by atoms with Gasteiger partial charge in [-0.05, 0) is 12.8 Å². The minimum absolute atomic E-state index is 0.0298. The highest BCUT2D eigenvalue weighted by atomic mass is 19.1. The second-order valence-electron chi connectivity index (χ2n) is 7.56. The van der Waals surface area contributed by atoms with Gasteiger partial charge in [0.15, 0.2) is 6.23 Å². The Morgan fingerprint density at radius 3 is 2.00 bits per heavy atom. The number of halogens is 1. The van der Waals surface area contributed by atoms with E-state index in [1.165, 1.54) is 0 Å². The summed E-state index contributed by atoms with van der Waals surface area (Å²) in [6.07, 6.45) is 10.2. The molecular formula is C21H37FN2O5. The molecule has 1 rings (SSSR count). The molecule has 2 atom stereocenters. The van der Waals surface area contributed by atoms with Crippen molar-refractivity contribution in [2.24, 2.45) is 0 Å². The number of imide groups is 1. The van der Waals surface area contributed by atoms with E-state index < -0.39 is 29.8 Å². The van der Waals surface area contributed by atoms with Gasteiger partial charge in [0.05, 0.1) is 6.61 Å². The van der Waals surface area contributed by atoms with Crippen LogP contribution in [0.2, 0.25) is 0 Å². The van der Waals surface area contributed by atoms with Crippen LogP contribution in [0.15, 0.2) is 0 Å². The Balaban J connectivity index is 2.47. The quantitative estimate of drug-likeness (QED) is 0.224. The van der Waals surface area contributed by atoms with Gasteiger partial charge in [-0.1, -0.05) is 78.1 Å². The largest absolute Gasteiger partial charge is 0.463 e. The molecule has 0 aromatic rings. The van der Waals surface area contributed by atoms with Gasteiger partial charge in [-0.3, -0.25) is 10.1 Å². The first kappa shape index (κ1) is 25.3. The Morgan fingerprint density at radius 1 is 0.897 bits per heavy atom. The topological polar surface area (TPSA) is 93.7 Å². The molecule has 0 radical (unpaired) electrons. The molecule has 0 aromatic heterocycles. The molecular weight excluding hydrogens is 379 g/mol. The van der Waals surface area contributed by atoms with Crippen molar-refractivity contribution in [2.75, 3.05) is 13.2 Å². The lowest BCUT2D eigenvalue weighted by Gasteiger charge is -2.34. The van der Waals surface area contributed by atoms with Crippen LogP contribution < -0.4 is 10.6 Å². The molecule has 0 saturated carbocycles. The highest BCUT2D eigenvalue weighted by Crippen LogP contribution is 2.24. The van der Waals surface area contributed by atoms with E-state index in [2.05, 4.69) is 19.2 Å². The number of hydrogen-bond acceptors (Lipinski definition) is 5. The molecule has 8 heteroatoms. The fourth-order valence-corrected chi connectivity index (χ4v) is 3.16. The summed E-state index contributed by atoms with van der Waals surface area (Å²) < 4.78 is 25.7.